The van der Waals surface area contributed by atoms with Crippen LogP contribution in [0.5, 0.6) is 11.5 Å². The second-order valence-electron chi connectivity index (χ2n) is 8.69. The van der Waals surface area contributed by atoms with Gasteiger partial charge in [-0.3, -0.25) is 4.84 Å². The largest absolute Gasteiger partial charge is 0.508 e. The molecule has 0 atom stereocenters. The smallest absolute Gasteiger partial charge is 0.136 e. The molecule has 2 aliphatic rings. The van der Waals surface area contributed by atoms with Crippen LogP contribution in [0.15, 0.2) is 60.7 Å². The zero-order chi connectivity index (χ0) is 22.6. The summed E-state index contributed by atoms with van der Waals surface area (Å²) in [6.07, 6.45) is 4.01. The summed E-state index contributed by atoms with van der Waals surface area (Å²) in [5, 5.41) is 12.0. The number of benzene rings is 3. The van der Waals surface area contributed by atoms with Gasteiger partial charge in [0.2, 0.25) is 0 Å². The summed E-state index contributed by atoms with van der Waals surface area (Å²) in [5.41, 5.74) is 6.00. The number of nitrogens with zero attached hydrogens (tertiary/aromatic N) is 1. The highest BCUT2D eigenvalue weighted by Crippen LogP contribution is 2.51. The maximum atomic E-state index is 13.9. The van der Waals surface area contributed by atoms with E-state index in [1.165, 1.54) is 12.1 Å². The van der Waals surface area contributed by atoms with E-state index in [4.69, 9.17) is 9.57 Å². The fourth-order valence-electron chi connectivity index (χ4n) is 4.78. The number of hydroxylamine groups is 1. The SMILES string of the molecule is CON1c2ccc3c(c2C(C)=CC1(C)C)C(=Cc1cccc(F)c1)Oc1ccc(O)cc1-3. The van der Waals surface area contributed by atoms with Crippen LogP contribution in [0, 0.1) is 5.82 Å². The van der Waals surface area contributed by atoms with Crippen LogP contribution in [0.1, 0.15) is 37.5 Å². The Bertz CT molecular complexity index is 1310. The molecule has 5 heteroatoms. The number of phenolic OH excluding ortho intramolecular Hbond substituents is 1. The van der Waals surface area contributed by atoms with Crippen LogP contribution in [0.2, 0.25) is 0 Å². The zero-order valence-corrected chi connectivity index (χ0v) is 18.4. The topological polar surface area (TPSA) is 41.9 Å². The average Bonchev–Trinajstić information content (AvgIpc) is 2.73. The van der Waals surface area contributed by atoms with Gasteiger partial charge in [0, 0.05) is 16.7 Å². The van der Waals surface area contributed by atoms with Gasteiger partial charge in [-0.2, -0.15) is 0 Å². The van der Waals surface area contributed by atoms with E-state index in [1.54, 1.807) is 31.4 Å². The molecular formula is C27H24FNO3. The van der Waals surface area contributed by atoms with Gasteiger partial charge in [-0.05, 0) is 79.9 Å². The van der Waals surface area contributed by atoms with Crippen molar-refractivity contribution in [2.75, 3.05) is 12.2 Å². The van der Waals surface area contributed by atoms with Crippen LogP contribution in [-0.2, 0) is 4.84 Å². The fraction of sp³-hybridized carbons (Fsp3) is 0.185. The van der Waals surface area contributed by atoms with Gasteiger partial charge in [0.15, 0.2) is 0 Å². The first-order chi connectivity index (χ1) is 15.3. The second-order valence-corrected chi connectivity index (χ2v) is 8.69. The monoisotopic (exact) mass is 429 g/mol. The molecule has 3 aromatic rings. The average molecular weight is 429 g/mol. The number of hydrogen-bond donors (Lipinski definition) is 1. The third-order valence-electron chi connectivity index (χ3n) is 5.94. The van der Waals surface area contributed by atoms with E-state index in [1.807, 2.05) is 29.3 Å². The van der Waals surface area contributed by atoms with E-state index in [2.05, 4.69) is 26.8 Å². The fourth-order valence-corrected chi connectivity index (χ4v) is 4.78. The number of rotatable bonds is 2. The van der Waals surface area contributed by atoms with Gasteiger partial charge < -0.3 is 9.84 Å². The second kappa shape index (κ2) is 7.24. The van der Waals surface area contributed by atoms with E-state index in [0.29, 0.717) is 17.1 Å². The van der Waals surface area contributed by atoms with Crippen LogP contribution in [-0.4, -0.2) is 17.8 Å². The molecule has 0 saturated heterocycles. The van der Waals surface area contributed by atoms with E-state index in [9.17, 15) is 9.50 Å². The molecule has 5 rings (SSSR count). The molecule has 0 amide bonds. The molecule has 0 bridgehead atoms. The van der Waals surface area contributed by atoms with Gasteiger partial charge in [0.05, 0.1) is 18.3 Å². The number of halogens is 1. The Hall–Kier alpha value is -3.57. The Balaban J connectivity index is 1.83. The van der Waals surface area contributed by atoms with E-state index in [-0.39, 0.29) is 17.1 Å². The first kappa shape index (κ1) is 20.3. The lowest BCUT2D eigenvalue weighted by molar-refractivity contribution is 0.123. The first-order valence-electron chi connectivity index (χ1n) is 10.5. The van der Waals surface area contributed by atoms with Gasteiger partial charge >= 0.3 is 0 Å². The normalized spacial score (nSPS) is 17.2. The predicted molar refractivity (Wildman–Crippen MR) is 126 cm³/mol. The molecule has 0 fully saturated rings. The van der Waals surface area contributed by atoms with Crippen LogP contribution in [0.25, 0.3) is 28.5 Å². The summed E-state index contributed by atoms with van der Waals surface area (Å²) in [4.78, 5) is 5.77. The third kappa shape index (κ3) is 3.17. The number of allylic oxidation sites excluding steroid dienone is 1. The van der Waals surface area contributed by atoms with Crippen LogP contribution < -0.4 is 9.80 Å². The maximum absolute atomic E-state index is 13.9. The van der Waals surface area contributed by atoms with Gasteiger partial charge in [0.1, 0.15) is 23.1 Å². The van der Waals surface area contributed by atoms with Crippen molar-refractivity contribution in [3.05, 3.63) is 83.2 Å². The van der Waals surface area contributed by atoms with Gasteiger partial charge in [0.25, 0.3) is 0 Å². The molecule has 0 radical (unpaired) electrons. The molecule has 0 aromatic heterocycles. The third-order valence-corrected chi connectivity index (χ3v) is 5.94. The van der Waals surface area contributed by atoms with Crippen molar-refractivity contribution in [3.63, 3.8) is 0 Å². The molecule has 4 nitrogen and oxygen atoms in total. The van der Waals surface area contributed by atoms with Gasteiger partial charge in [-0.1, -0.05) is 24.3 Å². The molecule has 0 aliphatic carbocycles. The lowest BCUT2D eigenvalue weighted by atomic mass is 9.82. The molecule has 3 aromatic carbocycles. The summed E-state index contributed by atoms with van der Waals surface area (Å²) < 4.78 is 20.2. The Morgan fingerprint density at radius 3 is 2.59 bits per heavy atom. The van der Waals surface area contributed by atoms with Crippen molar-refractivity contribution in [1.29, 1.82) is 0 Å². The molecular weight excluding hydrogens is 405 g/mol. The highest BCUT2D eigenvalue weighted by atomic mass is 19.1. The highest BCUT2D eigenvalue weighted by Gasteiger charge is 2.36. The standard InChI is InChI=1S/C27H24FNO3/c1-16-15-27(2,3)29(31-4)22-10-9-20-21-14-19(30)8-11-23(21)32-24(26(20)25(16)22)13-17-6-5-7-18(28)12-17/h5-15,30H,1-4H3. The van der Waals surface area contributed by atoms with Crippen molar-refractivity contribution in [2.45, 2.75) is 26.3 Å². The summed E-state index contributed by atoms with van der Waals surface area (Å²) in [5.74, 6) is 1.11. The Kier molecular flexibility index (Phi) is 4.60. The molecule has 1 N–H and O–H groups in total. The molecule has 0 spiro atoms. The summed E-state index contributed by atoms with van der Waals surface area (Å²) in [6, 6.07) is 15.5. The van der Waals surface area contributed by atoms with Crippen molar-refractivity contribution in [1.82, 2.24) is 0 Å². The van der Waals surface area contributed by atoms with Crippen LogP contribution >= 0.6 is 0 Å². The number of ether oxygens (including phenoxy) is 1. The van der Waals surface area contributed by atoms with E-state index >= 15 is 0 Å². The van der Waals surface area contributed by atoms with Crippen molar-refractivity contribution in [2.24, 2.45) is 0 Å². The Labute approximate surface area is 186 Å². The Morgan fingerprint density at radius 2 is 1.84 bits per heavy atom. The minimum absolute atomic E-state index is 0.167. The number of fused-ring (bicyclic) bond motifs is 5. The summed E-state index contributed by atoms with van der Waals surface area (Å²) in [7, 11) is 1.66. The molecule has 162 valence electrons. The van der Waals surface area contributed by atoms with Crippen molar-refractivity contribution in [3.8, 4) is 22.6 Å². The van der Waals surface area contributed by atoms with E-state index < -0.39 is 0 Å². The van der Waals surface area contributed by atoms with Crippen LogP contribution in [0.3, 0.4) is 0 Å². The van der Waals surface area contributed by atoms with Gasteiger partial charge in [-0.15, -0.1) is 0 Å². The minimum Gasteiger partial charge on any atom is -0.508 e. The van der Waals surface area contributed by atoms with Crippen LogP contribution in [0.4, 0.5) is 10.1 Å². The maximum Gasteiger partial charge on any atom is 0.136 e. The van der Waals surface area contributed by atoms with Crippen molar-refractivity contribution >= 4 is 23.1 Å². The predicted octanol–water partition coefficient (Wildman–Crippen LogP) is 6.65. The lowest BCUT2D eigenvalue weighted by Gasteiger charge is -2.42. The molecule has 2 heterocycles. The highest BCUT2D eigenvalue weighted by molar-refractivity contribution is 6.00. The summed E-state index contributed by atoms with van der Waals surface area (Å²) in [6.45, 7) is 6.26. The lowest BCUT2D eigenvalue weighted by Crippen LogP contribution is -2.44. The number of hydrogen-bond acceptors (Lipinski definition) is 4. The summed E-state index contributed by atoms with van der Waals surface area (Å²) >= 11 is 0. The quantitative estimate of drug-likeness (QED) is 0.495. The minimum atomic E-state index is -0.335. The molecule has 0 saturated carbocycles. The van der Waals surface area contributed by atoms with Crippen molar-refractivity contribution < 1.29 is 19.1 Å². The van der Waals surface area contributed by atoms with Gasteiger partial charge in [-0.25, -0.2) is 9.45 Å². The number of phenols is 1. The Morgan fingerprint density at radius 1 is 1.03 bits per heavy atom. The number of anilines is 1. The molecule has 2 aliphatic heterocycles. The van der Waals surface area contributed by atoms with E-state index in [0.717, 1.165) is 33.5 Å². The first-order valence-corrected chi connectivity index (χ1v) is 10.5. The number of aromatic hydroxyl groups is 1. The molecule has 32 heavy (non-hydrogen) atoms. The zero-order valence-electron chi connectivity index (χ0n) is 18.4. The molecule has 0 unspecified atom stereocenters.